The largest absolute Gasteiger partial charge is 0.455 e. The summed E-state index contributed by atoms with van der Waals surface area (Å²) in [4.78, 5) is 26.2. The van der Waals surface area contributed by atoms with Crippen molar-refractivity contribution in [3.8, 4) is 11.5 Å². The number of fused-ring (bicyclic) bond motifs is 2. The number of alkyl halides is 1. The van der Waals surface area contributed by atoms with Crippen LogP contribution < -0.4 is 10.5 Å². The average Bonchev–Trinajstić information content (AvgIpc) is 3.37. The minimum absolute atomic E-state index is 0.0648. The number of ether oxygens (including phenoxy) is 1. The van der Waals surface area contributed by atoms with E-state index in [4.69, 9.17) is 15.6 Å². The molecule has 0 bridgehead atoms. The molecule has 1 unspecified atom stereocenters. The van der Waals surface area contributed by atoms with E-state index in [0.29, 0.717) is 33.7 Å². The molecule has 1 aliphatic heterocycles. The van der Waals surface area contributed by atoms with Gasteiger partial charge in [-0.1, -0.05) is 0 Å². The number of nitrogens with two attached hydrogens (primary N) is 1. The van der Waals surface area contributed by atoms with Gasteiger partial charge in [0.1, 0.15) is 17.4 Å². The summed E-state index contributed by atoms with van der Waals surface area (Å²) < 4.78 is 22.8. The molecule has 37 heavy (non-hydrogen) atoms. The smallest absolute Gasteiger partial charge is 0.323 e. The SMILES string of the molecule is Cc1c(C(=O)N2CC(F)[C@H]2C)cn2nccc(Oc3ccc4c(c3)cc(C)n4C(N)=O)c12.OC1CCC1. The van der Waals surface area contributed by atoms with Crippen LogP contribution >= 0.6 is 0 Å². The minimum Gasteiger partial charge on any atom is -0.455 e. The lowest BCUT2D eigenvalue weighted by molar-refractivity contribution is 0.00637. The van der Waals surface area contributed by atoms with E-state index in [2.05, 4.69) is 5.10 Å². The molecule has 4 aromatic rings. The zero-order valence-electron chi connectivity index (χ0n) is 21.0. The van der Waals surface area contributed by atoms with Gasteiger partial charge >= 0.3 is 6.03 Å². The van der Waals surface area contributed by atoms with Crippen LogP contribution in [0.15, 0.2) is 42.7 Å². The standard InChI is InChI=1S/C23H22FN5O3.C4H8O/c1-12-8-15-9-16(4-5-19(15)29(12)23(25)31)32-20-6-7-26-28-10-17(13(2)21(20)28)22(30)27-11-18(24)14(27)3;5-4-2-1-3-4/h4-10,14,18H,11H2,1-3H3,(H2,25,31);4-5H,1-3H2/t14-,18?;/m1./s1. The number of hydrogen-bond acceptors (Lipinski definition) is 5. The normalized spacial score (nSPS) is 19.2. The van der Waals surface area contributed by atoms with Crippen LogP contribution in [0.25, 0.3) is 16.4 Å². The summed E-state index contributed by atoms with van der Waals surface area (Å²) in [6.45, 7) is 5.44. The molecule has 3 aromatic heterocycles. The maximum atomic E-state index is 13.6. The monoisotopic (exact) mass is 507 g/mol. The van der Waals surface area contributed by atoms with Crippen LogP contribution in [0.3, 0.4) is 0 Å². The van der Waals surface area contributed by atoms with E-state index < -0.39 is 18.2 Å². The number of nitrogens with zero attached hydrogens (tertiary/aromatic N) is 4. The van der Waals surface area contributed by atoms with Crippen LogP contribution in [0.5, 0.6) is 11.5 Å². The van der Waals surface area contributed by atoms with Gasteiger partial charge in [0.15, 0.2) is 5.75 Å². The van der Waals surface area contributed by atoms with E-state index in [9.17, 15) is 14.0 Å². The molecule has 2 aliphatic rings. The van der Waals surface area contributed by atoms with Gasteiger partial charge in [-0.15, -0.1) is 0 Å². The van der Waals surface area contributed by atoms with Crippen molar-refractivity contribution in [3.05, 3.63) is 59.5 Å². The molecule has 2 fully saturated rings. The van der Waals surface area contributed by atoms with Crippen molar-refractivity contribution in [1.29, 1.82) is 0 Å². The van der Waals surface area contributed by atoms with Gasteiger partial charge in [-0.2, -0.15) is 5.10 Å². The third kappa shape index (κ3) is 4.42. The minimum atomic E-state index is -0.990. The third-order valence-electron chi connectivity index (χ3n) is 7.25. The topological polar surface area (TPSA) is 115 Å². The first-order chi connectivity index (χ1) is 17.7. The number of aryl methyl sites for hydroxylation is 2. The predicted octanol–water partition coefficient (Wildman–Crippen LogP) is 4.34. The number of benzene rings is 1. The predicted molar refractivity (Wildman–Crippen MR) is 137 cm³/mol. The first kappa shape index (κ1) is 24.8. The van der Waals surface area contributed by atoms with Crippen molar-refractivity contribution in [2.24, 2.45) is 5.73 Å². The number of carbonyl (C=O) groups is 2. The van der Waals surface area contributed by atoms with Crippen molar-refractivity contribution in [1.82, 2.24) is 19.1 Å². The fraction of sp³-hybridized carbons (Fsp3) is 0.370. The van der Waals surface area contributed by atoms with Gasteiger partial charge in [-0.25, -0.2) is 13.7 Å². The maximum Gasteiger partial charge on any atom is 0.323 e. The van der Waals surface area contributed by atoms with Gasteiger partial charge in [0.25, 0.3) is 5.91 Å². The fourth-order valence-electron chi connectivity index (χ4n) is 4.71. The Bertz CT molecular complexity index is 1510. The lowest BCUT2D eigenvalue weighted by atomic mass is 9.97. The summed E-state index contributed by atoms with van der Waals surface area (Å²) in [6.07, 6.45) is 5.64. The van der Waals surface area contributed by atoms with Gasteiger partial charge in [0, 0.05) is 23.3 Å². The number of rotatable bonds is 3. The number of aliphatic hydroxyl groups is 1. The van der Waals surface area contributed by atoms with E-state index in [1.165, 1.54) is 15.9 Å². The molecule has 1 saturated carbocycles. The Morgan fingerprint density at radius 2 is 1.92 bits per heavy atom. The van der Waals surface area contributed by atoms with E-state index >= 15 is 0 Å². The van der Waals surface area contributed by atoms with Crippen molar-refractivity contribution in [2.75, 3.05) is 6.54 Å². The molecule has 4 heterocycles. The average molecular weight is 508 g/mol. The van der Waals surface area contributed by atoms with Crippen molar-refractivity contribution >= 4 is 28.4 Å². The Morgan fingerprint density at radius 3 is 2.51 bits per heavy atom. The molecule has 6 rings (SSSR count). The van der Waals surface area contributed by atoms with E-state index in [-0.39, 0.29) is 18.6 Å². The summed E-state index contributed by atoms with van der Waals surface area (Å²) in [7, 11) is 0. The number of amides is 2. The highest BCUT2D eigenvalue weighted by Crippen LogP contribution is 2.34. The summed E-state index contributed by atoms with van der Waals surface area (Å²) in [5.41, 5.74) is 8.75. The Balaban J connectivity index is 0.000000503. The zero-order valence-corrected chi connectivity index (χ0v) is 21.0. The highest BCUT2D eigenvalue weighted by Gasteiger charge is 2.40. The summed E-state index contributed by atoms with van der Waals surface area (Å²) in [5.74, 6) is 0.879. The van der Waals surface area contributed by atoms with Crippen LogP contribution in [-0.4, -0.2) is 61.0 Å². The number of hydrogen-bond donors (Lipinski definition) is 2. The molecule has 9 nitrogen and oxygen atoms in total. The Kier molecular flexibility index (Phi) is 6.36. The van der Waals surface area contributed by atoms with E-state index in [1.54, 1.807) is 42.0 Å². The summed E-state index contributed by atoms with van der Waals surface area (Å²) in [5, 5.41) is 13.6. The molecule has 2 amide bonds. The maximum absolute atomic E-state index is 13.6. The molecule has 0 radical (unpaired) electrons. The van der Waals surface area contributed by atoms with Crippen LogP contribution in [0.4, 0.5) is 9.18 Å². The molecule has 1 aromatic carbocycles. The lowest BCUT2D eigenvalue weighted by Crippen LogP contribution is -2.58. The Morgan fingerprint density at radius 1 is 1.19 bits per heavy atom. The molecule has 1 aliphatic carbocycles. The highest BCUT2D eigenvalue weighted by atomic mass is 19.1. The van der Waals surface area contributed by atoms with Gasteiger partial charge < -0.3 is 20.5 Å². The first-order valence-corrected chi connectivity index (χ1v) is 12.4. The second-order valence-corrected chi connectivity index (χ2v) is 9.74. The second-order valence-electron chi connectivity index (χ2n) is 9.74. The van der Waals surface area contributed by atoms with E-state index in [0.717, 1.165) is 23.9 Å². The quantitative estimate of drug-likeness (QED) is 0.428. The number of halogens is 1. The molecule has 0 spiro atoms. The molecular formula is C27H30FN5O4. The molecule has 3 N–H and O–H groups in total. The van der Waals surface area contributed by atoms with Crippen LogP contribution in [0, 0.1) is 13.8 Å². The van der Waals surface area contributed by atoms with E-state index in [1.807, 2.05) is 26.0 Å². The molecule has 1 saturated heterocycles. The van der Waals surface area contributed by atoms with Crippen molar-refractivity contribution < 1.29 is 23.8 Å². The summed E-state index contributed by atoms with van der Waals surface area (Å²) in [6, 6.07) is 7.97. The zero-order chi connectivity index (χ0) is 26.4. The fourth-order valence-corrected chi connectivity index (χ4v) is 4.71. The van der Waals surface area contributed by atoms with Gasteiger partial charge in [-0.05, 0) is 69.9 Å². The van der Waals surface area contributed by atoms with Gasteiger partial charge in [0.2, 0.25) is 0 Å². The molecule has 2 atom stereocenters. The second kappa shape index (κ2) is 9.51. The molecule has 10 heteroatoms. The number of likely N-dealkylation sites (tertiary alicyclic amines) is 1. The third-order valence-corrected chi connectivity index (χ3v) is 7.25. The van der Waals surface area contributed by atoms with Gasteiger partial charge in [-0.3, -0.25) is 9.36 Å². The highest BCUT2D eigenvalue weighted by molar-refractivity contribution is 5.99. The Hall–Kier alpha value is -3.92. The van der Waals surface area contributed by atoms with Crippen LogP contribution in [0.1, 0.15) is 47.8 Å². The van der Waals surface area contributed by atoms with Crippen molar-refractivity contribution in [2.45, 2.75) is 58.4 Å². The number of primary amides is 1. The number of aromatic nitrogens is 3. The number of carbonyl (C=O) groups excluding carboxylic acids is 2. The van der Waals surface area contributed by atoms with Crippen LogP contribution in [0.2, 0.25) is 0 Å². The van der Waals surface area contributed by atoms with Crippen molar-refractivity contribution in [3.63, 3.8) is 0 Å². The lowest BCUT2D eigenvalue weighted by Gasteiger charge is -2.41. The first-order valence-electron chi connectivity index (χ1n) is 12.4. The molecule has 194 valence electrons. The number of aliphatic hydroxyl groups excluding tert-OH is 1. The van der Waals surface area contributed by atoms with Gasteiger partial charge in [0.05, 0.1) is 36.0 Å². The summed E-state index contributed by atoms with van der Waals surface area (Å²) >= 11 is 0. The molecular weight excluding hydrogens is 477 g/mol. The van der Waals surface area contributed by atoms with Crippen LogP contribution in [-0.2, 0) is 0 Å². The Labute approximate surface area is 213 Å².